The van der Waals surface area contributed by atoms with Crippen molar-refractivity contribution in [1.82, 2.24) is 4.90 Å². The standard InChI is InChI=1S/C13H27N.4CH4/c1-7-8-11-9-12(2,3)14(6)13(4,5)10-11;;;;/h11H,7-10H2,1-6H3;4*1H4. The Bertz CT molecular complexity index is 176. The highest BCUT2D eigenvalue weighted by Gasteiger charge is 2.42. The van der Waals surface area contributed by atoms with E-state index < -0.39 is 0 Å². The van der Waals surface area contributed by atoms with Crippen molar-refractivity contribution in [3.63, 3.8) is 0 Å². The van der Waals surface area contributed by atoms with Crippen molar-refractivity contribution in [3.8, 4) is 0 Å². The van der Waals surface area contributed by atoms with E-state index in [0.29, 0.717) is 11.1 Å². The molecule has 1 heterocycles. The summed E-state index contributed by atoms with van der Waals surface area (Å²) in [6.45, 7) is 11.8. The summed E-state index contributed by atoms with van der Waals surface area (Å²) < 4.78 is 0. The van der Waals surface area contributed by atoms with Gasteiger partial charge in [-0.05, 0) is 53.5 Å². The normalized spacial score (nSPS) is 21.7. The molecule has 116 valence electrons. The van der Waals surface area contributed by atoms with E-state index in [1.165, 1.54) is 25.7 Å². The summed E-state index contributed by atoms with van der Waals surface area (Å²) in [5, 5.41) is 0. The summed E-state index contributed by atoms with van der Waals surface area (Å²) in [4.78, 5) is 2.56. The molecule has 0 aromatic rings. The van der Waals surface area contributed by atoms with Crippen LogP contribution in [0.3, 0.4) is 0 Å². The second-order valence-corrected chi connectivity index (χ2v) is 6.25. The Labute approximate surface area is 119 Å². The molecule has 1 heteroatoms. The Morgan fingerprint density at radius 3 is 1.50 bits per heavy atom. The minimum Gasteiger partial charge on any atom is -0.296 e. The monoisotopic (exact) mass is 261 g/mol. The van der Waals surface area contributed by atoms with Gasteiger partial charge in [0, 0.05) is 11.1 Å². The first-order valence-electron chi connectivity index (χ1n) is 6.03. The van der Waals surface area contributed by atoms with Gasteiger partial charge in [0.1, 0.15) is 0 Å². The molecule has 0 atom stereocenters. The molecule has 1 fully saturated rings. The fraction of sp³-hybridized carbons (Fsp3) is 1.00. The summed E-state index contributed by atoms with van der Waals surface area (Å²) in [6.07, 6.45) is 5.46. The van der Waals surface area contributed by atoms with Gasteiger partial charge in [-0.15, -0.1) is 0 Å². The number of rotatable bonds is 2. The zero-order valence-electron chi connectivity index (χ0n) is 10.9. The fourth-order valence-electron chi connectivity index (χ4n) is 3.19. The molecule has 0 radical (unpaired) electrons. The second kappa shape index (κ2) is 8.96. The van der Waals surface area contributed by atoms with E-state index in [4.69, 9.17) is 0 Å². The molecule has 0 spiro atoms. The van der Waals surface area contributed by atoms with Gasteiger partial charge in [-0.2, -0.15) is 0 Å². The lowest BCUT2D eigenvalue weighted by molar-refractivity contribution is -0.0317. The summed E-state index contributed by atoms with van der Waals surface area (Å²) in [6, 6.07) is 0. The molecule has 0 bridgehead atoms. The van der Waals surface area contributed by atoms with Crippen LogP contribution in [-0.2, 0) is 0 Å². The summed E-state index contributed by atoms with van der Waals surface area (Å²) in [5.74, 6) is 0.932. The molecule has 1 nitrogen and oxygen atoms in total. The van der Waals surface area contributed by atoms with E-state index >= 15 is 0 Å². The minimum atomic E-state index is 0. The van der Waals surface area contributed by atoms with E-state index in [-0.39, 0.29) is 29.7 Å². The molecule has 1 saturated heterocycles. The fourth-order valence-corrected chi connectivity index (χ4v) is 3.19. The summed E-state index contributed by atoms with van der Waals surface area (Å²) >= 11 is 0. The zero-order chi connectivity index (χ0) is 11.0. The maximum Gasteiger partial charge on any atom is 0.0158 e. The Hall–Kier alpha value is -0.0400. The predicted molar refractivity (Wildman–Crippen MR) is 90.5 cm³/mol. The van der Waals surface area contributed by atoms with Crippen molar-refractivity contribution in [2.45, 2.75) is 101 Å². The van der Waals surface area contributed by atoms with Gasteiger partial charge in [-0.1, -0.05) is 49.5 Å². The molecule has 1 rings (SSSR count). The molecule has 18 heavy (non-hydrogen) atoms. The van der Waals surface area contributed by atoms with Crippen LogP contribution in [0.5, 0.6) is 0 Å². The SMILES string of the molecule is C.C.C.C.CCCC1CC(C)(C)N(C)C(C)(C)C1. The summed E-state index contributed by atoms with van der Waals surface area (Å²) in [5.41, 5.74) is 0.753. The molecular formula is C17H43N. The average molecular weight is 262 g/mol. The topological polar surface area (TPSA) is 3.24 Å². The molecular weight excluding hydrogens is 218 g/mol. The van der Waals surface area contributed by atoms with E-state index in [1.807, 2.05) is 0 Å². The van der Waals surface area contributed by atoms with E-state index in [1.54, 1.807) is 0 Å². The van der Waals surface area contributed by atoms with Gasteiger partial charge >= 0.3 is 0 Å². The van der Waals surface area contributed by atoms with Crippen LogP contribution in [0, 0.1) is 5.92 Å². The van der Waals surface area contributed by atoms with Gasteiger partial charge < -0.3 is 0 Å². The van der Waals surface area contributed by atoms with Crippen LogP contribution in [0.4, 0.5) is 0 Å². The van der Waals surface area contributed by atoms with Crippen LogP contribution in [0.15, 0.2) is 0 Å². The maximum atomic E-state index is 2.56. The maximum absolute atomic E-state index is 2.56. The van der Waals surface area contributed by atoms with Crippen LogP contribution in [0.25, 0.3) is 0 Å². The minimum absolute atomic E-state index is 0. The molecule has 0 saturated carbocycles. The van der Waals surface area contributed by atoms with Crippen molar-refractivity contribution in [2.24, 2.45) is 5.92 Å². The molecule has 0 N–H and O–H groups in total. The lowest BCUT2D eigenvalue weighted by Gasteiger charge is -2.53. The quantitative estimate of drug-likeness (QED) is 0.569. The van der Waals surface area contributed by atoms with Gasteiger partial charge in [-0.3, -0.25) is 4.90 Å². The number of likely N-dealkylation sites (tertiary alicyclic amines) is 1. The van der Waals surface area contributed by atoms with Crippen molar-refractivity contribution < 1.29 is 0 Å². The summed E-state index contributed by atoms with van der Waals surface area (Å²) in [7, 11) is 2.28. The lowest BCUT2D eigenvalue weighted by Crippen LogP contribution is -2.58. The molecule has 1 aliphatic heterocycles. The van der Waals surface area contributed by atoms with E-state index in [2.05, 4.69) is 46.6 Å². The molecule has 1 aliphatic rings. The first-order chi connectivity index (χ1) is 6.29. The van der Waals surface area contributed by atoms with Crippen LogP contribution in [0.2, 0.25) is 0 Å². The molecule has 0 aromatic heterocycles. The van der Waals surface area contributed by atoms with Gasteiger partial charge in [-0.25, -0.2) is 0 Å². The predicted octanol–water partition coefficient (Wildman–Crippen LogP) is 6.23. The van der Waals surface area contributed by atoms with Crippen LogP contribution in [0.1, 0.15) is 90.0 Å². The highest BCUT2D eigenvalue weighted by Crippen LogP contribution is 2.41. The van der Waals surface area contributed by atoms with Gasteiger partial charge in [0.2, 0.25) is 0 Å². The van der Waals surface area contributed by atoms with Crippen molar-refractivity contribution in [2.75, 3.05) is 7.05 Å². The third-order valence-corrected chi connectivity index (χ3v) is 4.09. The van der Waals surface area contributed by atoms with Crippen molar-refractivity contribution >= 4 is 0 Å². The number of nitrogens with zero attached hydrogens (tertiary/aromatic N) is 1. The van der Waals surface area contributed by atoms with Gasteiger partial charge in [0.25, 0.3) is 0 Å². The first-order valence-corrected chi connectivity index (χ1v) is 6.03. The van der Waals surface area contributed by atoms with Crippen molar-refractivity contribution in [1.29, 1.82) is 0 Å². The Kier molecular flexibility index (Phi) is 13.2. The highest BCUT2D eigenvalue weighted by atomic mass is 15.2. The number of hydrogen-bond donors (Lipinski definition) is 0. The van der Waals surface area contributed by atoms with E-state index in [0.717, 1.165) is 5.92 Å². The van der Waals surface area contributed by atoms with Crippen LogP contribution < -0.4 is 0 Å². The smallest absolute Gasteiger partial charge is 0.0158 e. The third kappa shape index (κ3) is 5.73. The van der Waals surface area contributed by atoms with Crippen molar-refractivity contribution in [3.05, 3.63) is 0 Å². The Morgan fingerprint density at radius 1 is 0.889 bits per heavy atom. The molecule has 0 aromatic carbocycles. The largest absolute Gasteiger partial charge is 0.296 e. The highest BCUT2D eigenvalue weighted by molar-refractivity contribution is 4.97. The zero-order valence-corrected chi connectivity index (χ0v) is 10.9. The Morgan fingerprint density at radius 2 is 1.22 bits per heavy atom. The lowest BCUT2D eigenvalue weighted by atomic mass is 9.73. The number of hydrogen-bond acceptors (Lipinski definition) is 1. The van der Waals surface area contributed by atoms with Gasteiger partial charge in [0.15, 0.2) is 0 Å². The molecule has 0 unspecified atom stereocenters. The Balaban J connectivity index is -0.000000245. The molecule has 0 aliphatic carbocycles. The van der Waals surface area contributed by atoms with Crippen LogP contribution >= 0.6 is 0 Å². The molecule has 0 amide bonds. The average Bonchev–Trinajstić information content (AvgIpc) is 1.99. The second-order valence-electron chi connectivity index (χ2n) is 6.25. The number of piperidine rings is 1. The van der Waals surface area contributed by atoms with Crippen LogP contribution in [-0.4, -0.2) is 23.0 Å². The van der Waals surface area contributed by atoms with E-state index in [9.17, 15) is 0 Å². The third-order valence-electron chi connectivity index (χ3n) is 4.09. The van der Waals surface area contributed by atoms with Gasteiger partial charge in [0.05, 0.1) is 0 Å². The first kappa shape index (κ1) is 26.5.